The van der Waals surface area contributed by atoms with E-state index in [1.165, 1.54) is 12.1 Å². The zero-order valence-corrected chi connectivity index (χ0v) is 14.6. The minimum atomic E-state index is -0.944. The van der Waals surface area contributed by atoms with Crippen molar-refractivity contribution in [3.8, 4) is 0 Å². The standard InChI is InChI=1S/C19H17ClN2O3/c1-10-17(14-5-3-4-6-16(14)22-10)18(23)11(2)25-19(24)13-8-7-12(20)9-15(13)21/h3-9,11,22H,21H2,1-2H3/t11-/m1/s1. The number of para-hydroxylation sites is 1. The van der Waals surface area contributed by atoms with Gasteiger partial charge in [0, 0.05) is 32.9 Å². The number of nitrogens with two attached hydrogens (primary N) is 1. The number of aromatic amines is 1. The molecule has 0 unspecified atom stereocenters. The summed E-state index contributed by atoms with van der Waals surface area (Å²) in [5.74, 6) is -0.927. The fourth-order valence-corrected chi connectivity index (χ4v) is 2.98. The molecule has 2 aromatic carbocycles. The second-order valence-electron chi connectivity index (χ2n) is 5.81. The first kappa shape index (κ1) is 17.0. The number of ether oxygens (including phenoxy) is 1. The molecule has 3 rings (SSSR count). The van der Waals surface area contributed by atoms with E-state index in [0.29, 0.717) is 10.6 Å². The lowest BCUT2D eigenvalue weighted by atomic mass is 10.0. The van der Waals surface area contributed by atoms with Gasteiger partial charge in [0.05, 0.1) is 5.56 Å². The molecule has 1 aromatic heterocycles. The van der Waals surface area contributed by atoms with Gasteiger partial charge in [0.1, 0.15) is 0 Å². The van der Waals surface area contributed by atoms with E-state index in [9.17, 15) is 9.59 Å². The van der Waals surface area contributed by atoms with Crippen molar-refractivity contribution in [3.05, 3.63) is 64.3 Å². The van der Waals surface area contributed by atoms with Crippen LogP contribution >= 0.6 is 11.6 Å². The maximum atomic E-state index is 12.8. The highest BCUT2D eigenvalue weighted by Gasteiger charge is 2.25. The molecule has 0 fully saturated rings. The van der Waals surface area contributed by atoms with Crippen molar-refractivity contribution in [2.24, 2.45) is 0 Å². The number of fused-ring (bicyclic) bond motifs is 1. The molecule has 6 heteroatoms. The molecule has 0 aliphatic rings. The van der Waals surface area contributed by atoms with Crippen LogP contribution in [0.2, 0.25) is 5.02 Å². The third-order valence-corrected chi connectivity index (χ3v) is 4.26. The van der Waals surface area contributed by atoms with E-state index >= 15 is 0 Å². The first-order valence-electron chi connectivity index (χ1n) is 7.76. The van der Waals surface area contributed by atoms with Gasteiger partial charge in [-0.25, -0.2) is 4.79 Å². The van der Waals surface area contributed by atoms with E-state index in [0.717, 1.165) is 16.6 Å². The molecule has 0 amide bonds. The monoisotopic (exact) mass is 356 g/mol. The van der Waals surface area contributed by atoms with Crippen LogP contribution in [0.15, 0.2) is 42.5 Å². The Morgan fingerprint density at radius 1 is 1.20 bits per heavy atom. The van der Waals surface area contributed by atoms with Crippen LogP contribution < -0.4 is 5.73 Å². The summed E-state index contributed by atoms with van der Waals surface area (Å²) in [6, 6.07) is 12.0. The number of H-pyrrole nitrogens is 1. The number of nitrogen functional groups attached to an aromatic ring is 1. The molecule has 3 aromatic rings. The molecular formula is C19H17ClN2O3. The molecule has 0 saturated carbocycles. The molecule has 1 atom stereocenters. The number of halogens is 1. The Morgan fingerprint density at radius 3 is 2.64 bits per heavy atom. The van der Waals surface area contributed by atoms with Crippen molar-refractivity contribution >= 4 is 39.9 Å². The summed E-state index contributed by atoms with van der Waals surface area (Å²) < 4.78 is 5.32. The number of Topliss-reactive ketones (excluding diaryl/α,β-unsaturated/α-hetero) is 1. The zero-order chi connectivity index (χ0) is 18.1. The number of anilines is 1. The molecule has 0 aliphatic heterocycles. The number of hydrogen-bond donors (Lipinski definition) is 2. The Morgan fingerprint density at radius 2 is 1.92 bits per heavy atom. The van der Waals surface area contributed by atoms with Crippen LogP contribution in [0.25, 0.3) is 10.9 Å². The van der Waals surface area contributed by atoms with Gasteiger partial charge in [-0.2, -0.15) is 0 Å². The third-order valence-electron chi connectivity index (χ3n) is 4.03. The number of aromatic nitrogens is 1. The van der Waals surface area contributed by atoms with E-state index in [4.69, 9.17) is 22.1 Å². The second kappa shape index (κ2) is 6.61. The van der Waals surface area contributed by atoms with Crippen LogP contribution in [0.4, 0.5) is 5.69 Å². The van der Waals surface area contributed by atoms with Gasteiger partial charge in [0.15, 0.2) is 6.10 Å². The van der Waals surface area contributed by atoms with Gasteiger partial charge in [-0.1, -0.05) is 29.8 Å². The van der Waals surface area contributed by atoms with Crippen molar-refractivity contribution < 1.29 is 14.3 Å². The van der Waals surface area contributed by atoms with Crippen LogP contribution in [0, 0.1) is 6.92 Å². The van der Waals surface area contributed by atoms with Gasteiger partial charge in [-0.05, 0) is 38.1 Å². The lowest BCUT2D eigenvalue weighted by Crippen LogP contribution is -2.25. The van der Waals surface area contributed by atoms with Crippen molar-refractivity contribution in [2.75, 3.05) is 5.73 Å². The summed E-state index contributed by atoms with van der Waals surface area (Å²) in [5, 5.41) is 1.23. The van der Waals surface area contributed by atoms with E-state index in [1.807, 2.05) is 31.2 Å². The number of rotatable bonds is 4. The van der Waals surface area contributed by atoms with Gasteiger partial charge in [-0.3, -0.25) is 4.79 Å². The van der Waals surface area contributed by atoms with Crippen molar-refractivity contribution in [3.63, 3.8) is 0 Å². The Hall–Kier alpha value is -2.79. The number of nitrogens with one attached hydrogen (secondary N) is 1. The highest BCUT2D eigenvalue weighted by Crippen LogP contribution is 2.25. The van der Waals surface area contributed by atoms with Crippen molar-refractivity contribution in [1.29, 1.82) is 0 Å². The number of carbonyl (C=O) groups is 2. The molecule has 1 heterocycles. The third kappa shape index (κ3) is 3.23. The van der Waals surface area contributed by atoms with E-state index in [-0.39, 0.29) is 17.0 Å². The summed E-state index contributed by atoms with van der Waals surface area (Å²) in [5.41, 5.74) is 8.31. The fraction of sp³-hybridized carbons (Fsp3) is 0.158. The number of aryl methyl sites for hydroxylation is 1. The quantitative estimate of drug-likeness (QED) is 0.418. The van der Waals surface area contributed by atoms with Crippen LogP contribution in [-0.2, 0) is 4.74 Å². The molecular weight excluding hydrogens is 340 g/mol. The summed E-state index contributed by atoms with van der Waals surface area (Å²) in [7, 11) is 0. The molecule has 0 aliphatic carbocycles. The second-order valence-corrected chi connectivity index (χ2v) is 6.25. The Labute approximate surface area is 149 Å². The average molecular weight is 357 g/mol. The Bertz CT molecular complexity index is 978. The van der Waals surface area contributed by atoms with E-state index in [1.54, 1.807) is 13.0 Å². The van der Waals surface area contributed by atoms with Gasteiger partial charge in [0.25, 0.3) is 0 Å². The number of benzene rings is 2. The number of hydrogen-bond acceptors (Lipinski definition) is 4. The normalized spacial score (nSPS) is 12.1. The van der Waals surface area contributed by atoms with Gasteiger partial charge >= 0.3 is 5.97 Å². The smallest absolute Gasteiger partial charge is 0.340 e. The Kier molecular flexibility index (Phi) is 4.51. The minimum absolute atomic E-state index is 0.180. The Balaban J connectivity index is 1.85. The molecule has 0 spiro atoms. The van der Waals surface area contributed by atoms with Crippen LogP contribution in [-0.4, -0.2) is 22.8 Å². The SMILES string of the molecule is Cc1[nH]c2ccccc2c1C(=O)[C@@H](C)OC(=O)c1ccc(Cl)cc1N. The van der Waals surface area contributed by atoms with Crippen LogP contribution in [0.1, 0.15) is 33.3 Å². The lowest BCUT2D eigenvalue weighted by molar-refractivity contribution is 0.0320. The molecule has 0 radical (unpaired) electrons. The molecule has 5 nitrogen and oxygen atoms in total. The average Bonchev–Trinajstić information content (AvgIpc) is 2.89. The van der Waals surface area contributed by atoms with Crippen LogP contribution in [0.5, 0.6) is 0 Å². The predicted molar refractivity (Wildman–Crippen MR) is 98.1 cm³/mol. The van der Waals surface area contributed by atoms with Gasteiger partial charge in [-0.15, -0.1) is 0 Å². The largest absolute Gasteiger partial charge is 0.451 e. The highest BCUT2D eigenvalue weighted by molar-refractivity contribution is 6.31. The van der Waals surface area contributed by atoms with Crippen molar-refractivity contribution in [2.45, 2.75) is 20.0 Å². The summed E-state index contributed by atoms with van der Waals surface area (Å²) in [6.07, 6.45) is -0.944. The first-order valence-corrected chi connectivity index (χ1v) is 8.14. The summed E-state index contributed by atoms with van der Waals surface area (Å²) in [4.78, 5) is 28.3. The number of ketones is 1. The fourth-order valence-electron chi connectivity index (χ4n) is 2.79. The summed E-state index contributed by atoms with van der Waals surface area (Å²) >= 11 is 5.83. The van der Waals surface area contributed by atoms with E-state index < -0.39 is 12.1 Å². The topological polar surface area (TPSA) is 85.2 Å². The van der Waals surface area contributed by atoms with Gasteiger partial charge in [0.2, 0.25) is 5.78 Å². The predicted octanol–water partition coefficient (Wildman–Crippen LogP) is 4.14. The van der Waals surface area contributed by atoms with Crippen LogP contribution in [0.3, 0.4) is 0 Å². The highest BCUT2D eigenvalue weighted by atomic mass is 35.5. The summed E-state index contributed by atoms with van der Waals surface area (Å²) in [6.45, 7) is 3.37. The molecule has 128 valence electrons. The molecule has 3 N–H and O–H groups in total. The maximum Gasteiger partial charge on any atom is 0.340 e. The van der Waals surface area contributed by atoms with Gasteiger partial charge < -0.3 is 15.5 Å². The van der Waals surface area contributed by atoms with Crippen molar-refractivity contribution in [1.82, 2.24) is 4.98 Å². The molecule has 0 bridgehead atoms. The van der Waals surface area contributed by atoms with E-state index in [2.05, 4.69) is 4.98 Å². The first-order chi connectivity index (χ1) is 11.9. The zero-order valence-electron chi connectivity index (χ0n) is 13.8. The maximum absolute atomic E-state index is 12.8. The number of esters is 1. The molecule has 0 saturated heterocycles. The molecule has 25 heavy (non-hydrogen) atoms. The number of carbonyl (C=O) groups excluding carboxylic acids is 2. The lowest BCUT2D eigenvalue weighted by Gasteiger charge is -2.13. The minimum Gasteiger partial charge on any atom is -0.451 e.